The second-order valence-electron chi connectivity index (χ2n) is 4.67. The zero-order valence-electron chi connectivity index (χ0n) is 11.2. The summed E-state index contributed by atoms with van der Waals surface area (Å²) in [4.78, 5) is 9.90. The summed E-state index contributed by atoms with van der Waals surface area (Å²) in [6, 6.07) is 2.98. The summed E-state index contributed by atoms with van der Waals surface area (Å²) < 4.78 is 15.8. The molecule has 21 heavy (non-hydrogen) atoms. The van der Waals surface area contributed by atoms with Crippen molar-refractivity contribution in [2.24, 2.45) is 0 Å². The topological polar surface area (TPSA) is 30.7 Å². The second kappa shape index (κ2) is 5.91. The molecule has 0 fully saturated rings. The first-order chi connectivity index (χ1) is 10.1. The van der Waals surface area contributed by atoms with Crippen molar-refractivity contribution in [3.05, 3.63) is 44.9 Å². The van der Waals surface area contributed by atoms with E-state index in [1.807, 2.05) is 17.0 Å². The maximum Gasteiger partial charge on any atom is 0.144 e. The van der Waals surface area contributed by atoms with E-state index in [0.717, 1.165) is 21.9 Å². The highest BCUT2D eigenvalue weighted by Crippen LogP contribution is 2.26. The molecule has 0 aliphatic carbocycles. The monoisotopic (exact) mass is 343 g/mol. The van der Waals surface area contributed by atoms with Gasteiger partial charge in [0.05, 0.1) is 33.8 Å². The molecule has 0 bridgehead atoms. The van der Waals surface area contributed by atoms with Crippen LogP contribution in [0.1, 0.15) is 16.4 Å². The van der Waals surface area contributed by atoms with Crippen LogP contribution < -0.4 is 0 Å². The lowest BCUT2D eigenvalue weighted by Gasteiger charge is -2.08. The van der Waals surface area contributed by atoms with E-state index in [-0.39, 0.29) is 5.02 Å². The van der Waals surface area contributed by atoms with E-state index in [0.29, 0.717) is 24.4 Å². The Morgan fingerprint density at radius 1 is 1.38 bits per heavy atom. The highest BCUT2D eigenvalue weighted by Gasteiger charge is 2.15. The molecule has 0 saturated heterocycles. The normalized spacial score (nSPS) is 11.4. The number of alkyl halides is 1. The van der Waals surface area contributed by atoms with Crippen LogP contribution in [-0.2, 0) is 13.0 Å². The maximum absolute atomic E-state index is 13.8. The van der Waals surface area contributed by atoms with Crippen molar-refractivity contribution in [2.75, 3.05) is 5.88 Å². The maximum atomic E-state index is 13.8. The highest BCUT2D eigenvalue weighted by molar-refractivity contribution is 7.09. The molecule has 0 spiro atoms. The van der Waals surface area contributed by atoms with Gasteiger partial charge in [0, 0.05) is 23.2 Å². The smallest absolute Gasteiger partial charge is 0.144 e. The lowest BCUT2D eigenvalue weighted by Crippen LogP contribution is -2.06. The van der Waals surface area contributed by atoms with Gasteiger partial charge in [-0.25, -0.2) is 14.4 Å². The van der Waals surface area contributed by atoms with Crippen LogP contribution >= 0.6 is 34.5 Å². The van der Waals surface area contributed by atoms with E-state index < -0.39 is 5.82 Å². The molecule has 3 aromatic rings. The fraction of sp³-hybridized carbons (Fsp3) is 0.286. The molecule has 2 heterocycles. The molecule has 2 aromatic heterocycles. The molecule has 3 rings (SSSR count). The van der Waals surface area contributed by atoms with Crippen molar-refractivity contribution in [3.8, 4) is 0 Å². The van der Waals surface area contributed by atoms with Crippen LogP contribution in [0.15, 0.2) is 17.6 Å². The Kier molecular flexibility index (Phi) is 4.15. The van der Waals surface area contributed by atoms with Crippen LogP contribution in [0, 0.1) is 12.7 Å². The summed E-state index contributed by atoms with van der Waals surface area (Å²) in [7, 11) is 0. The first-order valence-corrected chi connectivity index (χ1v) is 8.18. The Balaban J connectivity index is 2.15. The Morgan fingerprint density at radius 3 is 2.86 bits per heavy atom. The standard InChI is InChI=1S/C14H12Cl2FN3S/c1-8-13(21-7-18-8)6-20-12-5-10(17)9(16)4-11(12)19-14(20)2-3-15/h4-5,7H,2-3,6H2,1H3. The SMILES string of the molecule is Cc1ncsc1Cn1c(CCCl)nc2cc(Cl)c(F)cc21. The Labute approximate surface area is 135 Å². The molecule has 0 aliphatic heterocycles. The Bertz CT molecular complexity index is 797. The third-order valence-corrected chi connectivity index (χ3v) is 4.73. The van der Waals surface area contributed by atoms with Crippen molar-refractivity contribution in [1.82, 2.24) is 14.5 Å². The van der Waals surface area contributed by atoms with E-state index in [1.165, 1.54) is 6.07 Å². The quantitative estimate of drug-likeness (QED) is 0.656. The number of imidazole rings is 1. The fourth-order valence-electron chi connectivity index (χ4n) is 2.24. The van der Waals surface area contributed by atoms with Gasteiger partial charge in [0.15, 0.2) is 0 Å². The number of rotatable bonds is 4. The van der Waals surface area contributed by atoms with E-state index in [9.17, 15) is 4.39 Å². The van der Waals surface area contributed by atoms with E-state index in [4.69, 9.17) is 23.2 Å². The first kappa shape index (κ1) is 14.8. The van der Waals surface area contributed by atoms with Gasteiger partial charge < -0.3 is 4.57 Å². The summed E-state index contributed by atoms with van der Waals surface area (Å²) in [5.41, 5.74) is 4.20. The number of aromatic nitrogens is 3. The van der Waals surface area contributed by atoms with Crippen LogP contribution in [0.5, 0.6) is 0 Å². The summed E-state index contributed by atoms with van der Waals surface area (Å²) in [5, 5.41) is 0.0820. The van der Waals surface area contributed by atoms with E-state index in [2.05, 4.69) is 9.97 Å². The third kappa shape index (κ3) is 2.78. The van der Waals surface area contributed by atoms with Crippen LogP contribution in [-0.4, -0.2) is 20.4 Å². The van der Waals surface area contributed by atoms with Crippen LogP contribution in [0.3, 0.4) is 0 Å². The number of halogens is 3. The average Bonchev–Trinajstić information content (AvgIpc) is 2.98. The highest BCUT2D eigenvalue weighted by atomic mass is 35.5. The van der Waals surface area contributed by atoms with Gasteiger partial charge in [-0.1, -0.05) is 11.6 Å². The van der Waals surface area contributed by atoms with Gasteiger partial charge in [-0.15, -0.1) is 22.9 Å². The molecule has 3 nitrogen and oxygen atoms in total. The van der Waals surface area contributed by atoms with E-state index >= 15 is 0 Å². The number of thiazole rings is 1. The van der Waals surface area contributed by atoms with Gasteiger partial charge in [-0.05, 0) is 13.0 Å². The van der Waals surface area contributed by atoms with Crippen molar-refractivity contribution in [3.63, 3.8) is 0 Å². The molecule has 110 valence electrons. The molecule has 0 amide bonds. The molecular weight excluding hydrogens is 332 g/mol. The van der Waals surface area contributed by atoms with Crippen molar-refractivity contribution >= 4 is 45.6 Å². The van der Waals surface area contributed by atoms with Gasteiger partial charge in [-0.3, -0.25) is 0 Å². The zero-order chi connectivity index (χ0) is 15.0. The molecule has 7 heteroatoms. The summed E-state index contributed by atoms with van der Waals surface area (Å²) in [6.07, 6.45) is 0.618. The summed E-state index contributed by atoms with van der Waals surface area (Å²) in [5.74, 6) is 0.847. The summed E-state index contributed by atoms with van der Waals surface area (Å²) in [6.45, 7) is 2.57. The molecule has 0 N–H and O–H groups in total. The van der Waals surface area contributed by atoms with E-state index in [1.54, 1.807) is 17.4 Å². The predicted octanol–water partition coefficient (Wildman–Crippen LogP) is 4.42. The number of aryl methyl sites for hydroxylation is 2. The Morgan fingerprint density at radius 2 is 2.19 bits per heavy atom. The largest absolute Gasteiger partial charge is 0.322 e. The zero-order valence-corrected chi connectivity index (χ0v) is 13.6. The first-order valence-electron chi connectivity index (χ1n) is 6.39. The number of nitrogens with zero attached hydrogens (tertiary/aromatic N) is 3. The van der Waals surface area contributed by atoms with Crippen LogP contribution in [0.4, 0.5) is 4.39 Å². The number of hydrogen-bond acceptors (Lipinski definition) is 3. The number of fused-ring (bicyclic) bond motifs is 1. The molecule has 0 atom stereocenters. The predicted molar refractivity (Wildman–Crippen MR) is 85.1 cm³/mol. The third-order valence-electron chi connectivity index (χ3n) is 3.33. The van der Waals surface area contributed by atoms with Crippen molar-refractivity contribution in [2.45, 2.75) is 19.9 Å². The van der Waals surface area contributed by atoms with Gasteiger partial charge >= 0.3 is 0 Å². The second-order valence-corrected chi connectivity index (χ2v) is 6.39. The van der Waals surface area contributed by atoms with Gasteiger partial charge in [-0.2, -0.15) is 0 Å². The minimum Gasteiger partial charge on any atom is -0.322 e. The molecule has 0 unspecified atom stereocenters. The average molecular weight is 344 g/mol. The van der Waals surface area contributed by atoms with Crippen LogP contribution in [0.25, 0.3) is 11.0 Å². The molecule has 0 saturated carbocycles. The van der Waals surface area contributed by atoms with Crippen molar-refractivity contribution < 1.29 is 4.39 Å². The van der Waals surface area contributed by atoms with Gasteiger partial charge in [0.2, 0.25) is 0 Å². The van der Waals surface area contributed by atoms with Crippen LogP contribution in [0.2, 0.25) is 5.02 Å². The molecule has 1 aromatic carbocycles. The van der Waals surface area contributed by atoms with Gasteiger partial charge in [0.25, 0.3) is 0 Å². The Hall–Kier alpha value is -1.17. The lowest BCUT2D eigenvalue weighted by atomic mass is 10.3. The lowest BCUT2D eigenvalue weighted by molar-refractivity contribution is 0.628. The minimum absolute atomic E-state index is 0.0820. The molecule has 0 aliphatic rings. The number of benzene rings is 1. The molecule has 0 radical (unpaired) electrons. The molecular formula is C14H12Cl2FN3S. The fourth-order valence-corrected chi connectivity index (χ4v) is 3.34. The van der Waals surface area contributed by atoms with Crippen molar-refractivity contribution in [1.29, 1.82) is 0 Å². The minimum atomic E-state index is -0.441. The number of hydrogen-bond donors (Lipinski definition) is 0. The van der Waals surface area contributed by atoms with Gasteiger partial charge in [0.1, 0.15) is 11.6 Å². The summed E-state index contributed by atoms with van der Waals surface area (Å²) >= 11 is 13.3.